The fourth-order valence-electron chi connectivity index (χ4n) is 4.45. The summed E-state index contributed by atoms with van der Waals surface area (Å²) in [5.41, 5.74) is 2.33. The van der Waals surface area contributed by atoms with Gasteiger partial charge in [0.2, 0.25) is 21.8 Å². The van der Waals surface area contributed by atoms with Crippen molar-refractivity contribution >= 4 is 33.2 Å². The van der Waals surface area contributed by atoms with Crippen LogP contribution in [0, 0.1) is 18.8 Å². The summed E-state index contributed by atoms with van der Waals surface area (Å²) in [6.45, 7) is 5.41. The molecule has 0 aromatic heterocycles. The lowest BCUT2D eigenvalue weighted by Crippen LogP contribution is -2.39. The van der Waals surface area contributed by atoms with Gasteiger partial charge in [0, 0.05) is 37.4 Å². The summed E-state index contributed by atoms with van der Waals surface area (Å²) >= 11 is 0. The molecule has 1 N–H and O–H groups in total. The van der Waals surface area contributed by atoms with E-state index in [9.17, 15) is 18.0 Å². The van der Waals surface area contributed by atoms with Crippen LogP contribution in [0.25, 0.3) is 0 Å². The molecule has 2 heterocycles. The van der Waals surface area contributed by atoms with Gasteiger partial charge < -0.3 is 10.2 Å². The van der Waals surface area contributed by atoms with Gasteiger partial charge in [0.1, 0.15) is 0 Å². The Kier molecular flexibility index (Phi) is 6.35. The lowest BCUT2D eigenvalue weighted by Gasteiger charge is -2.30. The van der Waals surface area contributed by atoms with Crippen LogP contribution < -0.4 is 10.2 Å². The van der Waals surface area contributed by atoms with Crippen LogP contribution in [0.4, 0.5) is 11.4 Å². The first-order chi connectivity index (χ1) is 15.3. The number of anilines is 2. The minimum absolute atomic E-state index is 0.0725. The van der Waals surface area contributed by atoms with Crippen molar-refractivity contribution in [1.29, 1.82) is 0 Å². The number of nitrogens with one attached hydrogen (secondary N) is 1. The van der Waals surface area contributed by atoms with Gasteiger partial charge in [0.15, 0.2) is 0 Å². The van der Waals surface area contributed by atoms with E-state index in [2.05, 4.69) is 12.2 Å². The quantitative estimate of drug-likeness (QED) is 0.749. The van der Waals surface area contributed by atoms with Crippen LogP contribution >= 0.6 is 0 Å². The highest BCUT2D eigenvalue weighted by Gasteiger charge is 2.35. The number of carbonyl (C=O) groups excluding carboxylic acids is 2. The highest BCUT2D eigenvalue weighted by molar-refractivity contribution is 7.89. The van der Waals surface area contributed by atoms with Crippen LogP contribution in [0.3, 0.4) is 0 Å². The van der Waals surface area contributed by atoms with Gasteiger partial charge in [-0.25, -0.2) is 8.42 Å². The molecule has 2 aliphatic heterocycles. The van der Waals surface area contributed by atoms with Gasteiger partial charge in [-0.1, -0.05) is 25.1 Å². The lowest BCUT2D eigenvalue weighted by atomic mass is 10.0. The molecule has 2 aromatic carbocycles. The van der Waals surface area contributed by atoms with Crippen molar-refractivity contribution in [1.82, 2.24) is 4.31 Å². The van der Waals surface area contributed by atoms with Crippen LogP contribution in [-0.2, 0) is 19.6 Å². The van der Waals surface area contributed by atoms with Crippen molar-refractivity contribution < 1.29 is 18.0 Å². The highest BCUT2D eigenvalue weighted by Crippen LogP contribution is 2.29. The van der Waals surface area contributed by atoms with Gasteiger partial charge >= 0.3 is 0 Å². The number of hydrogen-bond donors (Lipinski definition) is 1. The number of piperidine rings is 1. The summed E-state index contributed by atoms with van der Waals surface area (Å²) in [7, 11) is -3.54. The minimum atomic E-state index is -3.54. The Hall–Kier alpha value is -2.71. The average Bonchev–Trinajstić information content (AvgIpc) is 3.16. The Morgan fingerprint density at radius 1 is 1.06 bits per heavy atom. The van der Waals surface area contributed by atoms with E-state index in [1.165, 1.54) is 12.1 Å². The molecule has 0 aliphatic carbocycles. The molecule has 2 saturated heterocycles. The first-order valence-electron chi connectivity index (χ1n) is 11.0. The van der Waals surface area contributed by atoms with Crippen LogP contribution in [0.1, 0.15) is 31.7 Å². The molecule has 0 spiro atoms. The third-order valence-corrected chi connectivity index (χ3v) is 8.16. The Labute approximate surface area is 189 Å². The summed E-state index contributed by atoms with van der Waals surface area (Å²) < 4.78 is 27.4. The summed E-state index contributed by atoms with van der Waals surface area (Å²) in [4.78, 5) is 27.2. The number of aryl methyl sites for hydroxylation is 1. The molecule has 0 radical (unpaired) electrons. The third kappa shape index (κ3) is 4.56. The topological polar surface area (TPSA) is 86.8 Å². The SMILES string of the molecule is Cc1ccccc1N1CC(C(=O)Nc2ccc(S(=O)(=O)N3CCCC(C)C3)cc2)CC1=O. The van der Waals surface area contributed by atoms with Crippen LogP contribution in [-0.4, -0.2) is 44.2 Å². The van der Waals surface area contributed by atoms with E-state index in [4.69, 9.17) is 0 Å². The fourth-order valence-corrected chi connectivity index (χ4v) is 6.05. The van der Waals surface area contributed by atoms with E-state index in [-0.39, 0.29) is 23.1 Å². The number of rotatable bonds is 5. The van der Waals surface area contributed by atoms with E-state index in [0.717, 1.165) is 24.1 Å². The molecule has 2 unspecified atom stereocenters. The zero-order valence-corrected chi connectivity index (χ0v) is 19.3. The molecule has 8 heteroatoms. The molecule has 2 fully saturated rings. The first kappa shape index (κ1) is 22.5. The van der Waals surface area contributed by atoms with Crippen LogP contribution in [0.2, 0.25) is 0 Å². The van der Waals surface area contributed by atoms with Crippen molar-refractivity contribution in [3.8, 4) is 0 Å². The van der Waals surface area contributed by atoms with E-state index in [1.807, 2.05) is 31.2 Å². The molecule has 32 heavy (non-hydrogen) atoms. The monoisotopic (exact) mass is 455 g/mol. The van der Waals surface area contributed by atoms with Gasteiger partial charge in [-0.15, -0.1) is 0 Å². The average molecular weight is 456 g/mol. The van der Waals surface area contributed by atoms with Gasteiger partial charge in [-0.3, -0.25) is 9.59 Å². The number of nitrogens with zero attached hydrogens (tertiary/aromatic N) is 2. The maximum Gasteiger partial charge on any atom is 0.243 e. The molecule has 2 atom stereocenters. The number of hydrogen-bond acceptors (Lipinski definition) is 4. The van der Waals surface area contributed by atoms with Gasteiger partial charge in [0.05, 0.1) is 10.8 Å². The second-order valence-corrected chi connectivity index (χ2v) is 10.8. The predicted molar refractivity (Wildman–Crippen MR) is 124 cm³/mol. The fraction of sp³-hybridized carbons (Fsp3) is 0.417. The predicted octanol–water partition coefficient (Wildman–Crippen LogP) is 3.41. The van der Waals surface area contributed by atoms with Gasteiger partial charge in [-0.2, -0.15) is 4.31 Å². The molecule has 2 aromatic rings. The molecule has 2 aliphatic rings. The summed E-state index contributed by atoms with van der Waals surface area (Å²) in [5.74, 6) is -0.419. The molecule has 7 nitrogen and oxygen atoms in total. The largest absolute Gasteiger partial charge is 0.326 e. The standard InChI is InChI=1S/C24H29N3O4S/c1-17-6-5-13-26(15-17)32(30,31)21-11-9-20(10-12-21)25-24(29)19-14-23(28)27(16-19)22-8-4-3-7-18(22)2/h3-4,7-12,17,19H,5-6,13-16H2,1-2H3,(H,25,29). The van der Waals surface area contributed by atoms with Gasteiger partial charge in [-0.05, 0) is 61.6 Å². The van der Waals surface area contributed by atoms with Crippen LogP contribution in [0.15, 0.2) is 53.4 Å². The molecule has 4 rings (SSSR count). The molecule has 0 bridgehead atoms. The Bertz CT molecular complexity index is 1110. The molecular formula is C24H29N3O4S. The first-order valence-corrected chi connectivity index (χ1v) is 12.5. The smallest absolute Gasteiger partial charge is 0.243 e. The number of para-hydroxylation sites is 1. The second kappa shape index (κ2) is 9.03. The Balaban J connectivity index is 1.41. The van der Waals surface area contributed by atoms with E-state index < -0.39 is 15.9 Å². The molecular weight excluding hydrogens is 426 g/mol. The van der Waals surface area contributed by atoms with E-state index >= 15 is 0 Å². The van der Waals surface area contributed by atoms with Gasteiger partial charge in [0.25, 0.3) is 0 Å². The number of amides is 2. The molecule has 0 saturated carbocycles. The van der Waals surface area contributed by atoms with Crippen LogP contribution in [0.5, 0.6) is 0 Å². The second-order valence-electron chi connectivity index (χ2n) is 8.82. The summed E-state index contributed by atoms with van der Waals surface area (Å²) in [6.07, 6.45) is 2.07. The maximum atomic E-state index is 12.9. The lowest BCUT2D eigenvalue weighted by molar-refractivity contribution is -0.122. The van der Waals surface area contributed by atoms with Crippen molar-refractivity contribution in [3.63, 3.8) is 0 Å². The Morgan fingerprint density at radius 3 is 2.47 bits per heavy atom. The van der Waals surface area contributed by atoms with Crippen molar-refractivity contribution in [2.75, 3.05) is 29.9 Å². The van der Waals surface area contributed by atoms with Crippen molar-refractivity contribution in [2.45, 2.75) is 38.0 Å². The maximum absolute atomic E-state index is 12.9. The normalized spacial score (nSPS) is 22.2. The minimum Gasteiger partial charge on any atom is -0.326 e. The number of benzene rings is 2. The zero-order chi connectivity index (χ0) is 22.9. The zero-order valence-electron chi connectivity index (χ0n) is 18.5. The third-order valence-electron chi connectivity index (χ3n) is 6.28. The summed E-state index contributed by atoms with van der Waals surface area (Å²) in [5, 5.41) is 2.83. The van der Waals surface area contributed by atoms with E-state index in [0.29, 0.717) is 31.2 Å². The van der Waals surface area contributed by atoms with Crippen molar-refractivity contribution in [3.05, 3.63) is 54.1 Å². The number of sulfonamides is 1. The highest BCUT2D eigenvalue weighted by atomic mass is 32.2. The number of carbonyl (C=O) groups is 2. The van der Waals surface area contributed by atoms with E-state index in [1.54, 1.807) is 21.3 Å². The Morgan fingerprint density at radius 2 is 1.78 bits per heavy atom. The summed E-state index contributed by atoms with van der Waals surface area (Å²) in [6, 6.07) is 13.9. The van der Waals surface area contributed by atoms with Crippen molar-refractivity contribution in [2.24, 2.45) is 11.8 Å². The molecule has 2 amide bonds. The molecule has 170 valence electrons.